The Bertz CT molecular complexity index is 1040. The number of anilines is 1. The Morgan fingerprint density at radius 1 is 1.26 bits per heavy atom. The average molecular weight is 406 g/mol. The van der Waals surface area contributed by atoms with E-state index in [0.717, 1.165) is 48.3 Å². The number of pyridine rings is 1. The fourth-order valence-corrected chi connectivity index (χ4v) is 4.43. The number of fused-ring (bicyclic) bond motifs is 1. The van der Waals surface area contributed by atoms with E-state index in [0.29, 0.717) is 10.8 Å². The summed E-state index contributed by atoms with van der Waals surface area (Å²) in [7, 11) is -3.18. The van der Waals surface area contributed by atoms with Gasteiger partial charge in [0.25, 0.3) is 0 Å². The molecule has 4 rings (SSSR count). The minimum absolute atomic E-state index is 0.0293. The first-order valence-corrected chi connectivity index (χ1v) is 11.0. The molecule has 3 aromatic rings. The van der Waals surface area contributed by atoms with E-state index < -0.39 is 10.0 Å². The number of imidazole rings is 1. The van der Waals surface area contributed by atoms with Crippen LogP contribution in [-0.2, 0) is 10.0 Å². The quantitative estimate of drug-likeness (QED) is 0.696. The maximum absolute atomic E-state index is 11.4. The monoisotopic (exact) mass is 405 g/mol. The molecular weight excluding hydrogens is 386 g/mol. The number of benzene rings is 1. The number of para-hydroxylation sites is 2. The molecule has 0 saturated carbocycles. The Labute approximate surface area is 162 Å². The molecule has 0 aliphatic carbocycles. The number of halogens is 1. The standard InChI is InChI=1S/C18H20ClN5O2S/c1-27(25,26)23-12-6-8-24(9-7-12)17-10-13(14(19)11-20-17)18-21-15-4-2-3-5-16(15)22-18/h2-5,10-12,23H,6-9H2,1H3,(H,21,22). The van der Waals surface area contributed by atoms with Gasteiger partial charge in [-0.3, -0.25) is 0 Å². The third-order valence-corrected chi connectivity index (χ3v) is 5.75. The van der Waals surface area contributed by atoms with Gasteiger partial charge >= 0.3 is 0 Å². The van der Waals surface area contributed by atoms with Gasteiger partial charge in [-0.15, -0.1) is 0 Å². The molecule has 1 aliphatic rings. The Morgan fingerprint density at radius 3 is 2.70 bits per heavy atom. The van der Waals surface area contributed by atoms with Crippen LogP contribution in [0.4, 0.5) is 5.82 Å². The molecule has 0 atom stereocenters. The topological polar surface area (TPSA) is 91.0 Å². The molecule has 1 fully saturated rings. The molecule has 0 spiro atoms. The predicted octanol–water partition coefficient (Wildman–Crippen LogP) is 2.80. The maximum Gasteiger partial charge on any atom is 0.208 e. The van der Waals surface area contributed by atoms with Gasteiger partial charge in [-0.25, -0.2) is 23.1 Å². The van der Waals surface area contributed by atoms with E-state index in [4.69, 9.17) is 11.6 Å². The zero-order valence-electron chi connectivity index (χ0n) is 14.8. The second-order valence-corrected chi connectivity index (χ2v) is 8.96. The molecule has 1 aliphatic heterocycles. The number of piperidine rings is 1. The van der Waals surface area contributed by atoms with Crippen molar-refractivity contribution >= 4 is 38.5 Å². The van der Waals surface area contributed by atoms with Gasteiger partial charge in [0.05, 0.1) is 22.3 Å². The number of aromatic nitrogens is 3. The van der Waals surface area contributed by atoms with E-state index in [2.05, 4.69) is 24.6 Å². The average Bonchev–Trinajstić information content (AvgIpc) is 3.05. The molecule has 0 bridgehead atoms. The summed E-state index contributed by atoms with van der Waals surface area (Å²) in [6.07, 6.45) is 4.30. The summed E-state index contributed by atoms with van der Waals surface area (Å²) in [4.78, 5) is 14.5. The van der Waals surface area contributed by atoms with Crippen LogP contribution in [-0.4, -0.2) is 48.8 Å². The number of nitrogens with zero attached hydrogens (tertiary/aromatic N) is 3. The summed E-state index contributed by atoms with van der Waals surface area (Å²) in [6, 6.07) is 9.73. The molecule has 2 N–H and O–H groups in total. The second kappa shape index (κ2) is 7.10. The first-order chi connectivity index (χ1) is 12.9. The van der Waals surface area contributed by atoms with Gasteiger partial charge in [0.15, 0.2) is 0 Å². The summed E-state index contributed by atoms with van der Waals surface area (Å²) in [5.41, 5.74) is 2.64. The van der Waals surface area contributed by atoms with Crippen molar-refractivity contribution in [1.82, 2.24) is 19.7 Å². The molecule has 7 nitrogen and oxygen atoms in total. The molecular formula is C18H20ClN5O2S. The SMILES string of the molecule is CS(=O)(=O)NC1CCN(c2cc(-c3nc4ccccc4[nH]3)c(Cl)cn2)CC1. The zero-order chi connectivity index (χ0) is 19.0. The summed E-state index contributed by atoms with van der Waals surface area (Å²) in [5.74, 6) is 1.52. The van der Waals surface area contributed by atoms with Gasteiger partial charge in [-0.1, -0.05) is 23.7 Å². The molecule has 1 saturated heterocycles. The van der Waals surface area contributed by atoms with Gasteiger partial charge < -0.3 is 9.88 Å². The first kappa shape index (κ1) is 18.2. The van der Waals surface area contributed by atoms with Crippen LogP contribution in [0.5, 0.6) is 0 Å². The van der Waals surface area contributed by atoms with Crippen molar-refractivity contribution in [2.24, 2.45) is 0 Å². The maximum atomic E-state index is 11.4. The van der Waals surface area contributed by atoms with Crippen LogP contribution < -0.4 is 9.62 Å². The van der Waals surface area contributed by atoms with Crippen molar-refractivity contribution in [3.8, 4) is 11.4 Å². The first-order valence-electron chi connectivity index (χ1n) is 8.72. The van der Waals surface area contributed by atoms with E-state index in [1.54, 1.807) is 6.20 Å². The second-order valence-electron chi connectivity index (χ2n) is 6.78. The lowest BCUT2D eigenvalue weighted by atomic mass is 10.1. The lowest BCUT2D eigenvalue weighted by Crippen LogP contribution is -2.44. The number of sulfonamides is 1. The molecule has 0 radical (unpaired) electrons. The van der Waals surface area contributed by atoms with E-state index in [9.17, 15) is 8.42 Å². The molecule has 27 heavy (non-hydrogen) atoms. The third kappa shape index (κ3) is 4.07. The smallest absolute Gasteiger partial charge is 0.208 e. The molecule has 9 heteroatoms. The van der Waals surface area contributed by atoms with Gasteiger partial charge in [0.1, 0.15) is 11.6 Å². The van der Waals surface area contributed by atoms with Crippen LogP contribution in [0.1, 0.15) is 12.8 Å². The lowest BCUT2D eigenvalue weighted by molar-refractivity contribution is 0.460. The van der Waals surface area contributed by atoms with Gasteiger partial charge in [-0.05, 0) is 31.0 Å². The van der Waals surface area contributed by atoms with Crippen LogP contribution in [0.2, 0.25) is 5.02 Å². The van der Waals surface area contributed by atoms with E-state index in [1.165, 1.54) is 6.26 Å². The van der Waals surface area contributed by atoms with Crippen molar-refractivity contribution in [3.05, 3.63) is 41.6 Å². The molecule has 3 heterocycles. The fraction of sp³-hybridized carbons (Fsp3) is 0.333. The highest BCUT2D eigenvalue weighted by molar-refractivity contribution is 7.88. The highest BCUT2D eigenvalue weighted by Gasteiger charge is 2.23. The zero-order valence-corrected chi connectivity index (χ0v) is 16.4. The molecule has 0 unspecified atom stereocenters. The van der Waals surface area contributed by atoms with E-state index >= 15 is 0 Å². The summed E-state index contributed by atoms with van der Waals surface area (Å²) in [5, 5.41) is 0.534. The van der Waals surface area contributed by atoms with Crippen molar-refractivity contribution in [2.75, 3.05) is 24.2 Å². The van der Waals surface area contributed by atoms with Crippen LogP contribution in [0.15, 0.2) is 36.5 Å². The predicted molar refractivity (Wildman–Crippen MR) is 108 cm³/mol. The molecule has 142 valence electrons. The minimum atomic E-state index is -3.18. The Morgan fingerprint density at radius 2 is 2.00 bits per heavy atom. The molecule has 1 aromatic carbocycles. The van der Waals surface area contributed by atoms with Gasteiger partial charge in [0.2, 0.25) is 10.0 Å². The number of nitrogens with one attached hydrogen (secondary N) is 2. The lowest BCUT2D eigenvalue weighted by Gasteiger charge is -2.33. The number of hydrogen-bond donors (Lipinski definition) is 2. The van der Waals surface area contributed by atoms with Crippen LogP contribution in [0, 0.1) is 0 Å². The normalized spacial score (nSPS) is 16.1. The summed E-state index contributed by atoms with van der Waals surface area (Å²) in [6.45, 7) is 1.45. The van der Waals surface area contributed by atoms with Gasteiger partial charge in [-0.2, -0.15) is 0 Å². The van der Waals surface area contributed by atoms with Crippen LogP contribution in [0.25, 0.3) is 22.4 Å². The highest BCUT2D eigenvalue weighted by atomic mass is 35.5. The fourth-order valence-electron chi connectivity index (χ4n) is 3.39. The number of hydrogen-bond acceptors (Lipinski definition) is 5. The number of rotatable bonds is 4. The third-order valence-electron chi connectivity index (χ3n) is 4.69. The largest absolute Gasteiger partial charge is 0.356 e. The Balaban J connectivity index is 1.56. The van der Waals surface area contributed by atoms with E-state index in [-0.39, 0.29) is 6.04 Å². The Kier molecular flexibility index (Phi) is 4.79. The van der Waals surface area contributed by atoms with Gasteiger partial charge in [0, 0.05) is 30.9 Å². The van der Waals surface area contributed by atoms with Crippen LogP contribution in [0.3, 0.4) is 0 Å². The van der Waals surface area contributed by atoms with Crippen molar-refractivity contribution in [3.63, 3.8) is 0 Å². The summed E-state index contributed by atoms with van der Waals surface area (Å²) < 4.78 is 25.5. The number of aromatic amines is 1. The molecule has 2 aromatic heterocycles. The summed E-state index contributed by atoms with van der Waals surface area (Å²) >= 11 is 6.38. The van der Waals surface area contributed by atoms with E-state index in [1.807, 2.05) is 30.3 Å². The van der Waals surface area contributed by atoms with Crippen molar-refractivity contribution in [2.45, 2.75) is 18.9 Å². The van der Waals surface area contributed by atoms with Crippen LogP contribution >= 0.6 is 11.6 Å². The highest BCUT2D eigenvalue weighted by Crippen LogP contribution is 2.30. The van der Waals surface area contributed by atoms with Crippen molar-refractivity contribution in [1.29, 1.82) is 0 Å². The Hall–Kier alpha value is -2.16. The minimum Gasteiger partial charge on any atom is -0.356 e. The van der Waals surface area contributed by atoms with Crippen molar-refractivity contribution < 1.29 is 8.42 Å². The molecule has 0 amide bonds. The number of H-pyrrole nitrogens is 1.